The standard InChI is InChI=1S/C51H50N20O3/c1-28-23-67(32-11-15-65(16-12-32)39(73)27-72)49-40(28)43(52)70-47(59-49)35(21-56-70)30-9-10-38(54-19-30)42-37(26-64(3)63-42)45-58-46(62-61-45)51(74)66-17-13-33(14-18-66)68-24-29(2)41-44(53)71-48(60-50(41)68)36(22-57-71)31-20-55-69(25-31)34-7-5-4-6-8-34/h4-10,19-26,32-33,72H,11-18,27,52-53H2,1-3H3,(H,58,61,62). The number of pyridine rings is 1. The zero-order valence-electron chi connectivity index (χ0n) is 40.7. The van der Waals surface area contributed by atoms with Crippen molar-refractivity contribution in [2.24, 2.45) is 7.05 Å². The van der Waals surface area contributed by atoms with Crippen LogP contribution in [0.25, 0.3) is 84.1 Å². The van der Waals surface area contributed by atoms with E-state index in [0.717, 1.165) is 74.0 Å². The molecule has 23 nitrogen and oxygen atoms in total. The van der Waals surface area contributed by atoms with E-state index in [0.29, 0.717) is 84.7 Å². The average Bonchev–Trinajstić information content (AvgIpc) is 4.31. The van der Waals surface area contributed by atoms with Crippen molar-refractivity contribution >= 4 is 56.8 Å². The Hall–Kier alpha value is -9.25. The van der Waals surface area contributed by atoms with Crippen molar-refractivity contribution in [2.75, 3.05) is 44.3 Å². The van der Waals surface area contributed by atoms with Gasteiger partial charge in [0.15, 0.2) is 17.1 Å². The molecule has 2 aliphatic heterocycles. The maximum absolute atomic E-state index is 14.0. The minimum absolute atomic E-state index is 0.0703. The van der Waals surface area contributed by atoms with Crippen molar-refractivity contribution in [1.29, 1.82) is 0 Å². The Kier molecular flexibility index (Phi) is 10.4. The molecule has 6 N–H and O–H groups in total. The van der Waals surface area contributed by atoms with E-state index in [1.165, 1.54) is 0 Å². The molecule has 0 bridgehead atoms. The van der Waals surface area contributed by atoms with Crippen LogP contribution in [0, 0.1) is 13.8 Å². The van der Waals surface area contributed by atoms with E-state index in [1.54, 1.807) is 37.2 Å². The van der Waals surface area contributed by atoms with Crippen molar-refractivity contribution < 1.29 is 14.7 Å². The van der Waals surface area contributed by atoms with Gasteiger partial charge < -0.3 is 40.5 Å². The van der Waals surface area contributed by atoms with Gasteiger partial charge in [-0.25, -0.2) is 14.6 Å². The number of fused-ring (bicyclic) bond motifs is 4. The maximum Gasteiger partial charge on any atom is 0.291 e. The second-order valence-corrected chi connectivity index (χ2v) is 19.2. The normalized spacial score (nSPS) is 15.0. The first-order valence-corrected chi connectivity index (χ1v) is 24.5. The Morgan fingerprint density at radius 1 is 0.676 bits per heavy atom. The van der Waals surface area contributed by atoms with Gasteiger partial charge in [0.05, 0.1) is 46.3 Å². The smallest absolute Gasteiger partial charge is 0.291 e. The second-order valence-electron chi connectivity index (χ2n) is 19.2. The number of rotatable bonds is 9. The van der Waals surface area contributed by atoms with E-state index >= 15 is 0 Å². The number of likely N-dealkylation sites (tertiary alicyclic amines) is 2. The number of piperidine rings is 2. The highest BCUT2D eigenvalue weighted by Crippen LogP contribution is 2.38. The molecule has 10 aromatic heterocycles. The summed E-state index contributed by atoms with van der Waals surface area (Å²) >= 11 is 0. The summed E-state index contributed by atoms with van der Waals surface area (Å²) in [5.74, 6) is 1.03. The number of amides is 2. The number of aromatic amines is 1. The molecule has 2 amide bonds. The van der Waals surface area contributed by atoms with Crippen LogP contribution >= 0.6 is 0 Å². The van der Waals surface area contributed by atoms with Crippen molar-refractivity contribution in [3.8, 4) is 50.7 Å². The number of aliphatic hydroxyl groups is 1. The Morgan fingerprint density at radius 3 is 1.88 bits per heavy atom. The van der Waals surface area contributed by atoms with E-state index in [9.17, 15) is 14.7 Å². The van der Waals surface area contributed by atoms with Crippen LogP contribution in [-0.4, -0.2) is 138 Å². The number of aliphatic hydroxyl groups excluding tert-OH is 1. The number of carbonyl (C=O) groups is 2. The monoisotopic (exact) mass is 990 g/mol. The molecular weight excluding hydrogens is 941 g/mol. The van der Waals surface area contributed by atoms with Gasteiger partial charge in [0.25, 0.3) is 5.91 Å². The third-order valence-corrected chi connectivity index (χ3v) is 14.8. The van der Waals surface area contributed by atoms with Gasteiger partial charge in [0.2, 0.25) is 11.7 Å². The van der Waals surface area contributed by atoms with Gasteiger partial charge in [-0.05, 0) is 68.9 Å². The van der Waals surface area contributed by atoms with Crippen molar-refractivity contribution in [2.45, 2.75) is 51.6 Å². The Balaban J connectivity index is 0.718. The van der Waals surface area contributed by atoms with E-state index < -0.39 is 6.61 Å². The molecule has 0 atom stereocenters. The lowest BCUT2D eigenvalue weighted by molar-refractivity contribution is -0.135. The van der Waals surface area contributed by atoms with Gasteiger partial charge in [0, 0.05) is 98.5 Å². The number of aromatic nitrogens is 16. The van der Waals surface area contributed by atoms with Crippen LogP contribution in [0.4, 0.5) is 11.6 Å². The number of anilines is 2. The zero-order chi connectivity index (χ0) is 50.5. The highest BCUT2D eigenvalue weighted by Gasteiger charge is 2.31. The third kappa shape index (κ3) is 7.16. The summed E-state index contributed by atoms with van der Waals surface area (Å²) in [6.45, 7) is 5.66. The van der Waals surface area contributed by atoms with E-state index in [2.05, 4.69) is 52.0 Å². The summed E-state index contributed by atoms with van der Waals surface area (Å²) in [6, 6.07) is 13.9. The van der Waals surface area contributed by atoms with Crippen molar-refractivity contribution in [3.05, 3.63) is 109 Å². The summed E-state index contributed by atoms with van der Waals surface area (Å²) < 4.78 is 11.2. The molecule has 0 saturated carbocycles. The first kappa shape index (κ1) is 44.7. The lowest BCUT2D eigenvalue weighted by Crippen LogP contribution is -2.40. The largest absolute Gasteiger partial charge is 0.387 e. The van der Waals surface area contributed by atoms with Crippen LogP contribution in [0.15, 0.2) is 92.0 Å². The van der Waals surface area contributed by atoms with Crippen LogP contribution in [0.1, 0.15) is 59.5 Å². The van der Waals surface area contributed by atoms with Crippen molar-refractivity contribution in [1.82, 2.24) is 87.9 Å². The second kappa shape index (κ2) is 17.2. The lowest BCUT2D eigenvalue weighted by atomic mass is 10.0. The van der Waals surface area contributed by atoms with E-state index in [-0.39, 0.29) is 29.7 Å². The third-order valence-electron chi connectivity index (χ3n) is 14.8. The number of H-pyrrole nitrogens is 1. The van der Waals surface area contributed by atoms with Gasteiger partial charge in [-0.3, -0.25) is 19.3 Å². The number of aryl methyl sites for hydroxylation is 3. The van der Waals surface area contributed by atoms with Crippen LogP contribution in [0.5, 0.6) is 0 Å². The summed E-state index contributed by atoms with van der Waals surface area (Å²) in [4.78, 5) is 48.1. The first-order valence-electron chi connectivity index (χ1n) is 24.5. The Morgan fingerprint density at radius 2 is 1.28 bits per heavy atom. The van der Waals surface area contributed by atoms with Crippen LogP contribution in [0.2, 0.25) is 0 Å². The molecule has 0 aliphatic carbocycles. The number of hydrogen-bond acceptors (Lipinski definition) is 14. The molecule has 2 fully saturated rings. The molecule has 2 saturated heterocycles. The van der Waals surface area contributed by atoms with Gasteiger partial charge in [-0.1, -0.05) is 24.3 Å². The fourth-order valence-corrected chi connectivity index (χ4v) is 11.0. The molecular formula is C51H50N20O3. The molecule has 0 radical (unpaired) electrons. The molecule has 0 spiro atoms. The highest BCUT2D eigenvalue weighted by molar-refractivity contribution is 5.96. The summed E-state index contributed by atoms with van der Waals surface area (Å²) in [5.41, 5.74) is 24.3. The predicted octanol–water partition coefficient (Wildman–Crippen LogP) is 5.20. The van der Waals surface area contributed by atoms with Gasteiger partial charge in [-0.2, -0.15) is 29.4 Å². The molecule has 13 rings (SSSR count). The van der Waals surface area contributed by atoms with Crippen LogP contribution in [0.3, 0.4) is 0 Å². The quantitative estimate of drug-likeness (QED) is 0.145. The zero-order valence-corrected chi connectivity index (χ0v) is 40.7. The number of carbonyl (C=O) groups excluding carboxylic acids is 2. The highest BCUT2D eigenvalue weighted by atomic mass is 16.3. The number of nitrogen functional groups attached to an aromatic ring is 2. The van der Waals surface area contributed by atoms with Crippen molar-refractivity contribution in [3.63, 3.8) is 0 Å². The fraction of sp³-hybridized carbons (Fsp3) is 0.275. The topological polar surface area (TPSA) is 273 Å². The predicted molar refractivity (Wildman–Crippen MR) is 275 cm³/mol. The SMILES string of the molecule is Cc1cn(C2CCN(C(=O)CO)CC2)c2nc3c(-c4ccc(-c5nn(C)cc5-c5nnc(C(=O)N6CCC(n7cc(C)c8c(N)n9ncc(-c%10cnn(-c%11ccccc%11)c%10)c9nc87)CC6)[nH]5)nc4)cnn3c(N)c12. The number of nitrogens with zero attached hydrogens (tertiary/aromatic N) is 17. The molecule has 74 heavy (non-hydrogen) atoms. The molecule has 11 aromatic rings. The lowest BCUT2D eigenvalue weighted by Gasteiger charge is -2.32. The number of nitrogens with two attached hydrogens (primary N) is 2. The summed E-state index contributed by atoms with van der Waals surface area (Å²) in [5, 5.41) is 38.4. The Bertz CT molecular complexity index is 3990. The van der Waals surface area contributed by atoms with E-state index in [4.69, 9.17) is 31.5 Å². The number of hydrogen-bond donors (Lipinski definition) is 4. The van der Waals surface area contributed by atoms with Gasteiger partial charge >= 0.3 is 0 Å². The van der Waals surface area contributed by atoms with Crippen LogP contribution < -0.4 is 11.5 Å². The van der Waals surface area contributed by atoms with Crippen LogP contribution in [-0.2, 0) is 11.8 Å². The summed E-state index contributed by atoms with van der Waals surface area (Å²) in [6.07, 6.45) is 17.9. The number of nitrogens with one attached hydrogen (secondary N) is 1. The van der Waals surface area contributed by atoms with E-state index in [1.807, 2.05) is 91.5 Å². The summed E-state index contributed by atoms with van der Waals surface area (Å²) in [7, 11) is 1.82. The minimum Gasteiger partial charge on any atom is -0.387 e. The molecule has 0 unspecified atom stereocenters. The number of benzene rings is 1. The van der Waals surface area contributed by atoms with Gasteiger partial charge in [0.1, 0.15) is 35.2 Å². The fourth-order valence-electron chi connectivity index (χ4n) is 11.0. The maximum atomic E-state index is 14.0. The molecule has 372 valence electrons. The minimum atomic E-state index is -0.489. The molecule has 12 heterocycles. The molecule has 23 heteroatoms. The first-order chi connectivity index (χ1) is 36.0. The number of para-hydroxylation sites is 1. The molecule has 2 aliphatic rings. The molecule has 1 aromatic carbocycles. The Labute approximate surface area is 420 Å². The van der Waals surface area contributed by atoms with Gasteiger partial charge in [-0.15, -0.1) is 10.2 Å². The average molecular weight is 991 g/mol.